The number of carbonyl (C=O) groups is 1. The van der Waals surface area contributed by atoms with Crippen molar-refractivity contribution in [2.75, 3.05) is 0 Å². The molecule has 1 heterocycles. The largest absolute Gasteiger partial charge is 0.477 e. The molecule has 1 aromatic heterocycles. The lowest BCUT2D eigenvalue weighted by molar-refractivity contribution is 0.0604. The van der Waals surface area contributed by atoms with Crippen LogP contribution in [0.3, 0.4) is 0 Å². The minimum absolute atomic E-state index is 0.0286. The predicted octanol–water partition coefficient (Wildman–Crippen LogP) is 1.75. The van der Waals surface area contributed by atoms with Crippen molar-refractivity contribution in [2.45, 2.75) is 26.6 Å². The summed E-state index contributed by atoms with van der Waals surface area (Å²) in [7, 11) is 0. The first-order valence-corrected chi connectivity index (χ1v) is 4.75. The van der Waals surface area contributed by atoms with Crippen molar-refractivity contribution < 1.29 is 14.6 Å². The molecular weight excluding hydrogens is 220 g/mol. The molecule has 6 heteroatoms. The smallest absolute Gasteiger partial charge is 0.354 e. The van der Waals surface area contributed by atoms with Crippen molar-refractivity contribution in [3.8, 4) is 0 Å². The Morgan fingerprint density at radius 2 is 2.27 bits per heavy atom. The number of hydrogen-bond acceptors (Lipinski definition) is 4. The highest BCUT2D eigenvalue weighted by Crippen LogP contribution is 2.08. The number of rotatable bonds is 4. The van der Waals surface area contributed by atoms with Gasteiger partial charge in [0.25, 0.3) is 0 Å². The molecule has 0 radical (unpaired) electrons. The van der Waals surface area contributed by atoms with E-state index in [0.29, 0.717) is 0 Å². The fourth-order valence-corrected chi connectivity index (χ4v) is 1.08. The number of nitrogens with zero attached hydrogens (tertiary/aromatic N) is 2. The average Bonchev–Trinajstić information content (AvgIpc) is 2.13. The Morgan fingerprint density at radius 1 is 1.60 bits per heavy atom. The number of carboxylic acid groups (broad SMARTS) is 1. The van der Waals surface area contributed by atoms with Gasteiger partial charge in [-0.3, -0.25) is 0 Å². The summed E-state index contributed by atoms with van der Waals surface area (Å²) in [6.45, 7) is 3.88. The minimum Gasteiger partial charge on any atom is -0.477 e. The third kappa shape index (κ3) is 3.81. The maximum Gasteiger partial charge on any atom is 0.354 e. The lowest BCUT2D eigenvalue weighted by Crippen LogP contribution is -2.09. The number of ether oxygens (including phenoxy) is 1. The van der Waals surface area contributed by atoms with Gasteiger partial charge in [0.2, 0.25) is 0 Å². The van der Waals surface area contributed by atoms with Crippen molar-refractivity contribution in [1.29, 1.82) is 0 Å². The normalized spacial score (nSPS) is 10.7. The van der Waals surface area contributed by atoms with Crippen LogP contribution in [0.15, 0.2) is 6.07 Å². The zero-order valence-electron chi connectivity index (χ0n) is 8.40. The van der Waals surface area contributed by atoms with Crippen LogP contribution < -0.4 is 0 Å². The van der Waals surface area contributed by atoms with Gasteiger partial charge in [0.1, 0.15) is 11.8 Å². The maximum absolute atomic E-state index is 10.7. The van der Waals surface area contributed by atoms with Crippen LogP contribution in [0.25, 0.3) is 0 Å². The Balaban J connectivity index is 2.84. The van der Waals surface area contributed by atoms with Gasteiger partial charge in [-0.25, -0.2) is 14.8 Å². The Bertz CT molecular complexity index is 368. The van der Waals surface area contributed by atoms with Gasteiger partial charge in [-0.05, 0) is 13.8 Å². The Kier molecular flexibility index (Phi) is 3.99. The third-order valence-corrected chi connectivity index (χ3v) is 1.70. The summed E-state index contributed by atoms with van der Waals surface area (Å²) in [5.74, 6) is -0.862. The van der Waals surface area contributed by atoms with E-state index in [2.05, 4.69) is 9.97 Å². The summed E-state index contributed by atoms with van der Waals surface area (Å²) >= 11 is 5.64. The second-order valence-corrected chi connectivity index (χ2v) is 3.54. The molecule has 15 heavy (non-hydrogen) atoms. The third-order valence-electron chi connectivity index (χ3n) is 1.51. The lowest BCUT2D eigenvalue weighted by Gasteiger charge is -2.06. The van der Waals surface area contributed by atoms with Gasteiger partial charge in [0.15, 0.2) is 11.5 Å². The van der Waals surface area contributed by atoms with Crippen LogP contribution in [0.5, 0.6) is 0 Å². The van der Waals surface area contributed by atoms with Crippen molar-refractivity contribution in [3.63, 3.8) is 0 Å². The molecule has 0 saturated carbocycles. The number of hydrogen-bond donors (Lipinski definition) is 1. The van der Waals surface area contributed by atoms with Crippen LogP contribution in [-0.2, 0) is 11.3 Å². The molecule has 0 bridgehead atoms. The fourth-order valence-electron chi connectivity index (χ4n) is 0.880. The molecule has 0 aromatic carbocycles. The van der Waals surface area contributed by atoms with Gasteiger partial charge >= 0.3 is 5.97 Å². The summed E-state index contributed by atoms with van der Waals surface area (Å²) in [4.78, 5) is 18.3. The molecule has 0 atom stereocenters. The number of aromatic carboxylic acids is 1. The van der Waals surface area contributed by atoms with E-state index in [4.69, 9.17) is 21.4 Å². The molecule has 1 N–H and O–H groups in total. The second kappa shape index (κ2) is 5.04. The van der Waals surface area contributed by atoms with Crippen molar-refractivity contribution >= 4 is 17.6 Å². The van der Waals surface area contributed by atoms with E-state index in [1.54, 1.807) is 0 Å². The van der Waals surface area contributed by atoms with Crippen molar-refractivity contribution in [2.24, 2.45) is 0 Å². The van der Waals surface area contributed by atoms with E-state index in [9.17, 15) is 4.79 Å². The quantitative estimate of drug-likeness (QED) is 0.798. The lowest BCUT2D eigenvalue weighted by atomic mass is 10.4. The molecule has 0 aliphatic rings. The van der Waals surface area contributed by atoms with Gasteiger partial charge < -0.3 is 9.84 Å². The van der Waals surface area contributed by atoms with Gasteiger partial charge in [-0.2, -0.15) is 0 Å². The maximum atomic E-state index is 10.7. The topological polar surface area (TPSA) is 72.3 Å². The summed E-state index contributed by atoms with van der Waals surface area (Å²) in [5.41, 5.74) is -0.127. The molecule has 5 nitrogen and oxygen atoms in total. The first-order chi connectivity index (χ1) is 6.99. The molecular formula is C9H11ClN2O3. The van der Waals surface area contributed by atoms with Crippen LogP contribution >= 0.6 is 11.6 Å². The standard InChI is InChI=1S/C9H11ClN2O3/c1-5(2)15-4-8-11-6(9(13)14)3-7(10)12-8/h3,5H,4H2,1-2H3,(H,13,14). The molecule has 0 amide bonds. The molecule has 0 fully saturated rings. The average molecular weight is 231 g/mol. The van der Waals surface area contributed by atoms with E-state index < -0.39 is 5.97 Å². The predicted molar refractivity (Wildman–Crippen MR) is 53.9 cm³/mol. The van der Waals surface area contributed by atoms with Gasteiger partial charge in [-0.1, -0.05) is 11.6 Å². The zero-order valence-corrected chi connectivity index (χ0v) is 9.15. The monoisotopic (exact) mass is 230 g/mol. The summed E-state index contributed by atoms with van der Waals surface area (Å²) in [6.07, 6.45) is 0.0286. The van der Waals surface area contributed by atoms with Crippen molar-refractivity contribution in [1.82, 2.24) is 9.97 Å². The summed E-state index contributed by atoms with van der Waals surface area (Å²) in [5, 5.41) is 8.82. The molecule has 1 aromatic rings. The first-order valence-electron chi connectivity index (χ1n) is 4.37. The Hall–Kier alpha value is -1.20. The molecule has 0 spiro atoms. The molecule has 0 unspecified atom stereocenters. The highest BCUT2D eigenvalue weighted by atomic mass is 35.5. The zero-order chi connectivity index (χ0) is 11.4. The van der Waals surface area contributed by atoms with Crippen LogP contribution in [0, 0.1) is 0 Å². The number of aromatic nitrogens is 2. The highest BCUT2D eigenvalue weighted by molar-refractivity contribution is 6.29. The van der Waals surface area contributed by atoms with Gasteiger partial charge in [0, 0.05) is 6.07 Å². The van der Waals surface area contributed by atoms with E-state index in [0.717, 1.165) is 0 Å². The number of halogens is 1. The van der Waals surface area contributed by atoms with Gasteiger partial charge in [0.05, 0.1) is 6.10 Å². The van der Waals surface area contributed by atoms with E-state index in [1.165, 1.54) is 6.07 Å². The van der Waals surface area contributed by atoms with Gasteiger partial charge in [-0.15, -0.1) is 0 Å². The summed E-state index contributed by atoms with van der Waals surface area (Å²) < 4.78 is 5.24. The molecule has 1 rings (SSSR count). The van der Waals surface area contributed by atoms with Crippen LogP contribution in [0.1, 0.15) is 30.2 Å². The summed E-state index contributed by atoms with van der Waals surface area (Å²) in [6, 6.07) is 1.20. The Morgan fingerprint density at radius 3 is 2.80 bits per heavy atom. The fraction of sp³-hybridized carbons (Fsp3) is 0.444. The van der Waals surface area contributed by atoms with Crippen LogP contribution in [0.2, 0.25) is 5.15 Å². The van der Waals surface area contributed by atoms with Crippen LogP contribution in [0.4, 0.5) is 0 Å². The Labute approximate surface area is 92.1 Å². The van der Waals surface area contributed by atoms with E-state index >= 15 is 0 Å². The number of carboxylic acids is 1. The minimum atomic E-state index is -1.13. The molecule has 0 aliphatic carbocycles. The second-order valence-electron chi connectivity index (χ2n) is 3.16. The SMILES string of the molecule is CC(C)OCc1nc(Cl)cc(C(=O)O)n1. The molecule has 0 aliphatic heterocycles. The van der Waals surface area contributed by atoms with Crippen LogP contribution in [-0.4, -0.2) is 27.1 Å². The highest BCUT2D eigenvalue weighted by Gasteiger charge is 2.09. The van der Waals surface area contributed by atoms with E-state index in [-0.39, 0.29) is 29.4 Å². The molecule has 0 saturated heterocycles. The van der Waals surface area contributed by atoms with E-state index in [1.807, 2.05) is 13.8 Å². The molecule has 82 valence electrons. The van der Waals surface area contributed by atoms with Crippen molar-refractivity contribution in [3.05, 3.63) is 22.7 Å². The first kappa shape index (κ1) is 11.9.